The van der Waals surface area contributed by atoms with Crippen LogP contribution in [0.5, 0.6) is 0 Å². The van der Waals surface area contributed by atoms with E-state index in [4.69, 9.17) is 0 Å². The number of aromatic amines is 1. The molecule has 5 nitrogen and oxygen atoms in total. The highest BCUT2D eigenvalue weighted by atomic mass is 19.1. The molecule has 8 rings (SSSR count). The van der Waals surface area contributed by atoms with E-state index in [0.717, 1.165) is 40.0 Å². The number of Topliss-reactive ketones (excluding diaryl/α,β-unsaturated/α-hetero) is 1. The van der Waals surface area contributed by atoms with Crippen LogP contribution >= 0.6 is 0 Å². The van der Waals surface area contributed by atoms with Gasteiger partial charge in [0, 0.05) is 52.6 Å². The maximum Gasteiger partial charge on any atom is 0.239 e. The van der Waals surface area contributed by atoms with Gasteiger partial charge >= 0.3 is 0 Å². The van der Waals surface area contributed by atoms with E-state index in [0.29, 0.717) is 48.3 Å². The largest absolute Gasteiger partial charge is 0.361 e. The smallest absolute Gasteiger partial charge is 0.239 e. The number of halogens is 1. The first-order valence-electron chi connectivity index (χ1n) is 16.7. The fourth-order valence-corrected chi connectivity index (χ4v) is 7.96. The Morgan fingerprint density at radius 1 is 0.896 bits per heavy atom. The molecule has 1 amide bonds. The van der Waals surface area contributed by atoms with Gasteiger partial charge in [-0.15, -0.1) is 0 Å². The zero-order valence-electron chi connectivity index (χ0n) is 27.5. The maximum absolute atomic E-state index is 15.1. The summed E-state index contributed by atoms with van der Waals surface area (Å²) in [6, 6.07) is 31.1. The Kier molecular flexibility index (Phi) is 7.20. The molecule has 0 radical (unpaired) electrons. The van der Waals surface area contributed by atoms with Crippen molar-refractivity contribution in [2.45, 2.75) is 59.0 Å². The minimum Gasteiger partial charge on any atom is -0.361 e. The molecule has 48 heavy (non-hydrogen) atoms. The number of nitrogens with one attached hydrogen (secondary N) is 1. The topological polar surface area (TPSA) is 58.1 Å². The van der Waals surface area contributed by atoms with E-state index in [2.05, 4.69) is 79.0 Å². The van der Waals surface area contributed by atoms with Gasteiger partial charge in [-0.2, -0.15) is 0 Å². The molecule has 2 aromatic heterocycles. The minimum atomic E-state index is -0.816. The molecule has 2 aliphatic rings. The van der Waals surface area contributed by atoms with Gasteiger partial charge in [-0.3, -0.25) is 9.59 Å². The van der Waals surface area contributed by atoms with Crippen molar-refractivity contribution < 1.29 is 14.0 Å². The summed E-state index contributed by atoms with van der Waals surface area (Å²) in [6.07, 6.45) is 3.90. The lowest BCUT2D eigenvalue weighted by atomic mass is 9.74. The van der Waals surface area contributed by atoms with Crippen LogP contribution in [0, 0.1) is 18.2 Å². The van der Waals surface area contributed by atoms with E-state index < -0.39 is 11.7 Å². The summed E-state index contributed by atoms with van der Waals surface area (Å²) in [6.45, 7) is 7.32. The molecule has 6 heteroatoms. The number of para-hydroxylation sites is 1. The summed E-state index contributed by atoms with van der Waals surface area (Å²) in [5.41, 5.74) is 9.58. The number of hydrogen-bond donors (Lipinski definition) is 1. The maximum atomic E-state index is 15.1. The fourth-order valence-electron chi connectivity index (χ4n) is 7.96. The molecule has 1 aliphatic heterocycles. The van der Waals surface area contributed by atoms with Crippen molar-refractivity contribution in [1.82, 2.24) is 9.55 Å². The predicted molar refractivity (Wildman–Crippen MR) is 189 cm³/mol. The molecule has 6 aromatic rings. The average molecular weight is 636 g/mol. The number of nitrogens with zero attached hydrogens (tertiary/aromatic N) is 2. The summed E-state index contributed by atoms with van der Waals surface area (Å²) >= 11 is 0. The minimum absolute atomic E-state index is 0.0442. The standard InChI is InChI=1S/C42H38FN3O2/c1-26-13-15-28(16-14-26)40-39(37-32-21-30(43)17-18-34(32)46(41(37)48)25-27-9-5-4-6-10-27)38-35(22-42(2,3)23-36(38)47)45(40)20-19-29-24-44-33-12-8-7-11-31(29)33/h4-18,21,24,37,44H,19-20,22-23,25H2,1-3H3. The van der Waals surface area contributed by atoms with Crippen molar-refractivity contribution in [2.75, 3.05) is 4.90 Å². The third-order valence-corrected chi connectivity index (χ3v) is 10.2. The molecule has 1 atom stereocenters. The molecular formula is C42H38FN3O2. The summed E-state index contributed by atoms with van der Waals surface area (Å²) in [4.78, 5) is 34.4. The number of aromatic nitrogens is 2. The fraction of sp³-hybridized carbons (Fsp3) is 0.238. The lowest BCUT2D eigenvalue weighted by Crippen LogP contribution is -2.31. The number of fused-ring (bicyclic) bond motifs is 3. The van der Waals surface area contributed by atoms with Crippen LogP contribution in [-0.2, 0) is 30.7 Å². The van der Waals surface area contributed by atoms with E-state index in [1.54, 1.807) is 11.0 Å². The first-order valence-corrected chi connectivity index (χ1v) is 16.7. The molecule has 0 bridgehead atoms. The molecule has 1 unspecified atom stereocenters. The van der Waals surface area contributed by atoms with Gasteiger partial charge in [0.05, 0.1) is 18.2 Å². The molecule has 0 spiro atoms. The summed E-state index contributed by atoms with van der Waals surface area (Å²) in [7, 11) is 0. The average Bonchev–Trinajstić information content (AvgIpc) is 3.70. The van der Waals surface area contributed by atoms with Crippen LogP contribution in [0.25, 0.3) is 22.2 Å². The normalized spacial score (nSPS) is 16.8. The molecule has 3 heterocycles. The molecule has 0 saturated carbocycles. The van der Waals surface area contributed by atoms with Gasteiger partial charge in [-0.25, -0.2) is 4.39 Å². The monoisotopic (exact) mass is 635 g/mol. The van der Waals surface area contributed by atoms with E-state index in [1.165, 1.54) is 23.1 Å². The lowest BCUT2D eigenvalue weighted by molar-refractivity contribution is -0.118. The van der Waals surface area contributed by atoms with Gasteiger partial charge < -0.3 is 14.5 Å². The van der Waals surface area contributed by atoms with Crippen LogP contribution in [0.3, 0.4) is 0 Å². The summed E-state index contributed by atoms with van der Waals surface area (Å²) < 4.78 is 17.4. The second-order valence-electron chi connectivity index (χ2n) is 14.2. The van der Waals surface area contributed by atoms with Gasteiger partial charge in [0.25, 0.3) is 0 Å². The molecule has 1 N–H and O–H groups in total. The number of carbonyl (C=O) groups is 2. The van der Waals surface area contributed by atoms with E-state index in [-0.39, 0.29) is 17.1 Å². The Hall–Kier alpha value is -5.23. The van der Waals surface area contributed by atoms with Crippen LogP contribution in [0.2, 0.25) is 0 Å². The highest BCUT2D eigenvalue weighted by Gasteiger charge is 2.46. The zero-order valence-corrected chi connectivity index (χ0v) is 27.5. The van der Waals surface area contributed by atoms with Crippen LogP contribution in [0.15, 0.2) is 103 Å². The number of benzene rings is 4. The number of amides is 1. The molecule has 4 aromatic carbocycles. The van der Waals surface area contributed by atoms with Crippen molar-refractivity contribution in [2.24, 2.45) is 5.41 Å². The highest BCUT2D eigenvalue weighted by Crippen LogP contribution is 2.51. The number of carbonyl (C=O) groups excluding carboxylic acids is 2. The number of hydrogen-bond acceptors (Lipinski definition) is 2. The van der Waals surface area contributed by atoms with Gasteiger partial charge in [0.15, 0.2) is 5.78 Å². The van der Waals surface area contributed by atoms with E-state index in [9.17, 15) is 9.59 Å². The molecule has 1 aliphatic carbocycles. The quantitative estimate of drug-likeness (QED) is 0.190. The second kappa shape index (κ2) is 11.5. The Balaban J connectivity index is 1.36. The number of anilines is 1. The van der Waals surface area contributed by atoms with Gasteiger partial charge in [0.2, 0.25) is 5.91 Å². The van der Waals surface area contributed by atoms with Crippen molar-refractivity contribution in [3.05, 3.63) is 148 Å². The predicted octanol–water partition coefficient (Wildman–Crippen LogP) is 9.16. The van der Waals surface area contributed by atoms with Crippen LogP contribution < -0.4 is 4.90 Å². The van der Waals surface area contributed by atoms with E-state index in [1.807, 2.05) is 36.4 Å². The summed E-state index contributed by atoms with van der Waals surface area (Å²) in [5.74, 6) is -1.31. The van der Waals surface area contributed by atoms with Crippen molar-refractivity contribution in [3.8, 4) is 11.3 Å². The Labute approximate surface area is 280 Å². The molecule has 240 valence electrons. The number of H-pyrrole nitrogens is 1. The third-order valence-electron chi connectivity index (χ3n) is 10.2. The highest BCUT2D eigenvalue weighted by molar-refractivity contribution is 6.11. The van der Waals surface area contributed by atoms with Gasteiger partial charge in [-0.1, -0.05) is 92.2 Å². The number of aryl methyl sites for hydroxylation is 2. The van der Waals surface area contributed by atoms with Crippen molar-refractivity contribution in [3.63, 3.8) is 0 Å². The Morgan fingerprint density at radius 3 is 2.44 bits per heavy atom. The van der Waals surface area contributed by atoms with Crippen molar-refractivity contribution >= 4 is 28.3 Å². The Bertz CT molecular complexity index is 2210. The molecular weight excluding hydrogens is 597 g/mol. The van der Waals surface area contributed by atoms with Crippen LogP contribution in [-0.4, -0.2) is 21.2 Å². The first-order chi connectivity index (χ1) is 23.2. The number of rotatable bonds is 7. The second-order valence-corrected chi connectivity index (χ2v) is 14.2. The zero-order chi connectivity index (χ0) is 33.2. The van der Waals surface area contributed by atoms with Gasteiger partial charge in [-0.05, 0) is 71.7 Å². The van der Waals surface area contributed by atoms with Gasteiger partial charge in [0.1, 0.15) is 5.82 Å². The first kappa shape index (κ1) is 30.1. The molecule has 0 fully saturated rings. The van der Waals surface area contributed by atoms with Crippen LogP contribution in [0.4, 0.5) is 10.1 Å². The van der Waals surface area contributed by atoms with Crippen molar-refractivity contribution in [1.29, 1.82) is 0 Å². The Morgan fingerprint density at radius 2 is 1.65 bits per heavy atom. The SMILES string of the molecule is Cc1ccc(-c2c(C3C(=O)N(Cc4ccccc4)c4ccc(F)cc43)c3c(n2CCc2c[nH]c4ccccc24)CC(C)(C)CC3=O)cc1. The number of ketones is 1. The molecule has 0 saturated heterocycles. The van der Waals surface area contributed by atoms with E-state index >= 15 is 4.39 Å². The third kappa shape index (κ3) is 5.07. The lowest BCUT2D eigenvalue weighted by Gasteiger charge is -2.30. The van der Waals surface area contributed by atoms with Crippen LogP contribution in [0.1, 0.15) is 70.1 Å². The summed E-state index contributed by atoms with van der Waals surface area (Å²) in [5, 5.41) is 1.18.